The van der Waals surface area contributed by atoms with Crippen molar-refractivity contribution >= 4 is 34.2 Å². The van der Waals surface area contributed by atoms with Crippen molar-refractivity contribution < 1.29 is 4.79 Å². The lowest BCUT2D eigenvalue weighted by Crippen LogP contribution is -2.32. The van der Waals surface area contributed by atoms with Crippen molar-refractivity contribution in [2.45, 2.75) is 46.6 Å². The first kappa shape index (κ1) is 23.2. The second kappa shape index (κ2) is 10.00. The monoisotopic (exact) mass is 471 g/mol. The Bertz CT molecular complexity index is 1390. The van der Waals surface area contributed by atoms with Gasteiger partial charge in [-0.2, -0.15) is 0 Å². The van der Waals surface area contributed by atoms with Crippen molar-refractivity contribution in [1.82, 2.24) is 34.7 Å². The number of nitrogens with one attached hydrogen (secondary N) is 2. The molecule has 182 valence electrons. The molecule has 1 fully saturated rings. The molecule has 0 bridgehead atoms. The molecule has 1 aliphatic heterocycles. The zero-order valence-electron chi connectivity index (χ0n) is 20.8. The van der Waals surface area contributed by atoms with E-state index in [2.05, 4.69) is 56.8 Å². The van der Waals surface area contributed by atoms with Crippen LogP contribution < -0.4 is 5.32 Å². The SMILES string of the molecule is CCc1nc2c(C)cc(C)nc2n1Cc1ccc2nc(/C=C/C(=O)NCCN3CCCC3)[nH]c2c1. The molecule has 0 saturated carbocycles. The summed E-state index contributed by atoms with van der Waals surface area (Å²) in [4.78, 5) is 32.1. The minimum atomic E-state index is -0.0949. The molecule has 3 aromatic heterocycles. The smallest absolute Gasteiger partial charge is 0.244 e. The van der Waals surface area contributed by atoms with Crippen molar-refractivity contribution in [2.24, 2.45) is 0 Å². The Kier molecular flexibility index (Phi) is 6.63. The first-order valence-electron chi connectivity index (χ1n) is 12.5. The summed E-state index contributed by atoms with van der Waals surface area (Å²) in [6, 6.07) is 8.31. The average Bonchev–Trinajstić information content (AvgIpc) is 3.57. The summed E-state index contributed by atoms with van der Waals surface area (Å²) < 4.78 is 2.21. The number of benzene rings is 1. The van der Waals surface area contributed by atoms with Gasteiger partial charge in [0.05, 0.1) is 17.6 Å². The van der Waals surface area contributed by atoms with Gasteiger partial charge in [-0.3, -0.25) is 4.79 Å². The van der Waals surface area contributed by atoms with Crippen LogP contribution in [0.15, 0.2) is 30.3 Å². The summed E-state index contributed by atoms with van der Waals surface area (Å²) in [5.74, 6) is 1.61. The van der Waals surface area contributed by atoms with Gasteiger partial charge in [-0.05, 0) is 75.2 Å². The molecule has 0 spiro atoms. The normalized spacial score (nSPS) is 14.6. The zero-order valence-corrected chi connectivity index (χ0v) is 20.8. The van der Waals surface area contributed by atoms with Crippen LogP contribution in [0.2, 0.25) is 0 Å². The third-order valence-corrected chi connectivity index (χ3v) is 6.64. The highest BCUT2D eigenvalue weighted by Gasteiger charge is 2.14. The standard InChI is InChI=1S/C27H33N7O/c1-4-24-32-26-18(2)15-19(3)29-27(26)34(24)17-20-7-8-21-22(16-20)31-23(30-21)9-10-25(35)28-11-14-33-12-5-6-13-33/h7-10,15-16H,4-6,11-14,17H2,1-3H3,(H,28,35)(H,30,31)/b10-9+. The number of pyridine rings is 1. The van der Waals surface area contributed by atoms with Crippen molar-refractivity contribution in [1.29, 1.82) is 0 Å². The predicted molar refractivity (Wildman–Crippen MR) is 139 cm³/mol. The van der Waals surface area contributed by atoms with Crippen LogP contribution in [0.4, 0.5) is 0 Å². The Balaban J connectivity index is 1.29. The fraction of sp³-hybridized carbons (Fsp3) is 0.407. The number of likely N-dealkylation sites (tertiary alicyclic amines) is 1. The molecule has 0 radical (unpaired) electrons. The van der Waals surface area contributed by atoms with Gasteiger partial charge < -0.3 is 19.8 Å². The van der Waals surface area contributed by atoms with Crippen LogP contribution in [0.5, 0.6) is 0 Å². The maximum absolute atomic E-state index is 12.2. The number of carbonyl (C=O) groups is 1. The van der Waals surface area contributed by atoms with Gasteiger partial charge in [0.25, 0.3) is 0 Å². The highest BCUT2D eigenvalue weighted by Crippen LogP contribution is 2.22. The van der Waals surface area contributed by atoms with Crippen LogP contribution in [-0.4, -0.2) is 61.5 Å². The molecule has 1 aromatic carbocycles. The number of H-pyrrole nitrogens is 1. The van der Waals surface area contributed by atoms with Gasteiger partial charge in [-0.15, -0.1) is 0 Å². The predicted octanol–water partition coefficient (Wildman–Crippen LogP) is 3.76. The number of nitrogens with zero attached hydrogens (tertiary/aromatic N) is 5. The summed E-state index contributed by atoms with van der Waals surface area (Å²) in [5, 5.41) is 2.96. The molecule has 1 saturated heterocycles. The number of hydrogen-bond acceptors (Lipinski definition) is 5. The van der Waals surface area contributed by atoms with E-state index in [1.165, 1.54) is 12.8 Å². The number of imidazole rings is 2. The minimum absolute atomic E-state index is 0.0949. The molecule has 1 aliphatic rings. The van der Waals surface area contributed by atoms with E-state index >= 15 is 0 Å². The van der Waals surface area contributed by atoms with Gasteiger partial charge in [-0.25, -0.2) is 15.0 Å². The Hall–Kier alpha value is -3.52. The van der Waals surface area contributed by atoms with Gasteiger partial charge >= 0.3 is 0 Å². The molecular weight excluding hydrogens is 438 g/mol. The van der Waals surface area contributed by atoms with Gasteiger partial charge in [-0.1, -0.05) is 13.0 Å². The van der Waals surface area contributed by atoms with Gasteiger partial charge in [0.1, 0.15) is 17.2 Å². The third-order valence-electron chi connectivity index (χ3n) is 6.64. The Labute approximate surface area is 205 Å². The Morgan fingerprint density at radius 2 is 1.97 bits per heavy atom. The number of amides is 1. The number of rotatable bonds is 8. The van der Waals surface area contributed by atoms with E-state index in [9.17, 15) is 4.79 Å². The summed E-state index contributed by atoms with van der Waals surface area (Å²) in [6.45, 7) is 10.8. The summed E-state index contributed by atoms with van der Waals surface area (Å²) in [7, 11) is 0. The van der Waals surface area contributed by atoms with E-state index < -0.39 is 0 Å². The van der Waals surface area contributed by atoms with E-state index in [0.29, 0.717) is 18.9 Å². The van der Waals surface area contributed by atoms with Crippen molar-refractivity contribution in [3.63, 3.8) is 0 Å². The number of aromatic amines is 1. The molecule has 1 amide bonds. The lowest BCUT2D eigenvalue weighted by Gasteiger charge is -2.13. The number of aryl methyl sites for hydroxylation is 3. The zero-order chi connectivity index (χ0) is 24.4. The molecule has 8 heteroatoms. The fourth-order valence-electron chi connectivity index (χ4n) is 4.88. The minimum Gasteiger partial charge on any atom is -0.351 e. The average molecular weight is 472 g/mol. The van der Waals surface area contributed by atoms with Crippen LogP contribution in [0.3, 0.4) is 0 Å². The molecule has 4 aromatic rings. The maximum Gasteiger partial charge on any atom is 0.244 e. The van der Waals surface area contributed by atoms with Crippen LogP contribution in [0, 0.1) is 13.8 Å². The molecule has 2 N–H and O–H groups in total. The highest BCUT2D eigenvalue weighted by atomic mass is 16.1. The van der Waals surface area contributed by atoms with E-state index in [0.717, 1.165) is 70.9 Å². The van der Waals surface area contributed by atoms with Crippen LogP contribution in [0.25, 0.3) is 28.3 Å². The Morgan fingerprint density at radius 3 is 2.77 bits per heavy atom. The number of aromatic nitrogens is 5. The number of hydrogen-bond donors (Lipinski definition) is 2. The van der Waals surface area contributed by atoms with Gasteiger partial charge in [0.15, 0.2) is 5.65 Å². The van der Waals surface area contributed by atoms with E-state index in [4.69, 9.17) is 9.97 Å². The van der Waals surface area contributed by atoms with Crippen LogP contribution in [-0.2, 0) is 17.8 Å². The second-order valence-corrected chi connectivity index (χ2v) is 9.37. The molecule has 8 nitrogen and oxygen atoms in total. The van der Waals surface area contributed by atoms with E-state index in [-0.39, 0.29) is 5.91 Å². The van der Waals surface area contributed by atoms with E-state index in [1.54, 1.807) is 12.2 Å². The lowest BCUT2D eigenvalue weighted by molar-refractivity contribution is -0.116. The molecular formula is C27H33N7O. The lowest BCUT2D eigenvalue weighted by atomic mass is 10.2. The molecule has 0 unspecified atom stereocenters. The molecule has 35 heavy (non-hydrogen) atoms. The molecule has 0 atom stereocenters. The molecule has 0 aliphatic carbocycles. The molecule has 4 heterocycles. The van der Waals surface area contributed by atoms with Crippen molar-refractivity contribution in [3.05, 3.63) is 58.8 Å². The summed E-state index contributed by atoms with van der Waals surface area (Å²) in [5.41, 5.74) is 7.02. The highest BCUT2D eigenvalue weighted by molar-refractivity contribution is 5.91. The topological polar surface area (TPSA) is 91.7 Å². The Morgan fingerprint density at radius 1 is 1.14 bits per heavy atom. The first-order valence-corrected chi connectivity index (χ1v) is 12.5. The summed E-state index contributed by atoms with van der Waals surface area (Å²) in [6.07, 6.45) is 6.65. The maximum atomic E-state index is 12.2. The van der Waals surface area contributed by atoms with Gasteiger partial charge in [0, 0.05) is 31.3 Å². The molecule has 5 rings (SSSR count). The number of fused-ring (bicyclic) bond motifs is 2. The van der Waals surface area contributed by atoms with E-state index in [1.807, 2.05) is 13.0 Å². The van der Waals surface area contributed by atoms with Crippen molar-refractivity contribution in [2.75, 3.05) is 26.2 Å². The van der Waals surface area contributed by atoms with Crippen LogP contribution in [0.1, 0.15) is 48.2 Å². The summed E-state index contributed by atoms with van der Waals surface area (Å²) >= 11 is 0. The van der Waals surface area contributed by atoms with Gasteiger partial charge in [0.2, 0.25) is 5.91 Å². The van der Waals surface area contributed by atoms with Crippen LogP contribution >= 0.6 is 0 Å². The largest absolute Gasteiger partial charge is 0.351 e. The second-order valence-electron chi connectivity index (χ2n) is 9.37. The third kappa shape index (κ3) is 5.12. The van der Waals surface area contributed by atoms with Crippen molar-refractivity contribution in [3.8, 4) is 0 Å². The quantitative estimate of drug-likeness (QED) is 0.382. The number of carbonyl (C=O) groups excluding carboxylic acids is 1. The fourth-order valence-corrected chi connectivity index (χ4v) is 4.88. The first-order chi connectivity index (χ1) is 17.0.